The lowest BCUT2D eigenvalue weighted by atomic mass is 10.1. The largest absolute Gasteiger partial charge is 0.399 e. The predicted molar refractivity (Wildman–Crippen MR) is 72.9 cm³/mol. The molecule has 0 aromatic heterocycles. The van der Waals surface area contributed by atoms with E-state index in [2.05, 4.69) is 44.7 Å². The van der Waals surface area contributed by atoms with Crippen LogP contribution in [0.1, 0.15) is 32.8 Å². The highest BCUT2D eigenvalue weighted by molar-refractivity contribution is 5.60. The van der Waals surface area contributed by atoms with Crippen LogP contribution in [-0.2, 0) is 0 Å². The van der Waals surface area contributed by atoms with Crippen LogP contribution in [-0.4, -0.2) is 13.1 Å². The minimum atomic E-state index is 0.723. The first-order chi connectivity index (χ1) is 7.58. The molecule has 0 aliphatic heterocycles. The van der Waals surface area contributed by atoms with E-state index in [-0.39, 0.29) is 0 Å². The highest BCUT2D eigenvalue weighted by Gasteiger charge is 2.10. The predicted octanol–water partition coefficient (Wildman–Crippen LogP) is 3.45. The van der Waals surface area contributed by atoms with E-state index in [1.807, 2.05) is 6.07 Å². The Balaban J connectivity index is 2.89. The summed E-state index contributed by atoms with van der Waals surface area (Å²) in [5.41, 5.74) is 9.29. The van der Waals surface area contributed by atoms with Crippen molar-refractivity contribution in [2.24, 2.45) is 5.92 Å². The molecular weight excluding hydrogens is 196 g/mol. The Bertz CT molecular complexity index is 334. The molecule has 1 rings (SSSR count). The van der Waals surface area contributed by atoms with Gasteiger partial charge in [0.1, 0.15) is 0 Å². The molecule has 0 saturated carbocycles. The maximum atomic E-state index is 5.86. The van der Waals surface area contributed by atoms with Crippen molar-refractivity contribution in [3.8, 4) is 0 Å². The van der Waals surface area contributed by atoms with E-state index in [0.29, 0.717) is 0 Å². The lowest BCUT2D eigenvalue weighted by molar-refractivity contribution is 0.547. The fraction of sp³-hybridized carbons (Fsp3) is 0.571. The molecule has 0 amide bonds. The van der Waals surface area contributed by atoms with E-state index >= 15 is 0 Å². The van der Waals surface area contributed by atoms with Crippen molar-refractivity contribution in [1.82, 2.24) is 0 Å². The van der Waals surface area contributed by atoms with E-state index in [4.69, 9.17) is 5.73 Å². The van der Waals surface area contributed by atoms with Gasteiger partial charge in [-0.2, -0.15) is 0 Å². The summed E-state index contributed by atoms with van der Waals surface area (Å²) in [4.78, 5) is 2.42. The molecule has 90 valence electrons. The van der Waals surface area contributed by atoms with Gasteiger partial charge in [-0.25, -0.2) is 0 Å². The summed E-state index contributed by atoms with van der Waals surface area (Å²) in [7, 11) is 0. The zero-order valence-electron chi connectivity index (χ0n) is 11.0. The van der Waals surface area contributed by atoms with Gasteiger partial charge in [0.25, 0.3) is 0 Å². The van der Waals surface area contributed by atoms with Gasteiger partial charge < -0.3 is 10.6 Å². The third-order valence-corrected chi connectivity index (χ3v) is 3.18. The zero-order chi connectivity index (χ0) is 12.1. The summed E-state index contributed by atoms with van der Waals surface area (Å²) in [5, 5.41) is 0. The second-order valence-corrected chi connectivity index (χ2v) is 4.60. The lowest BCUT2D eigenvalue weighted by Gasteiger charge is -2.28. The van der Waals surface area contributed by atoms with E-state index in [0.717, 1.165) is 24.7 Å². The number of hydrogen-bond acceptors (Lipinski definition) is 2. The number of nitrogens with two attached hydrogens (primary N) is 1. The lowest BCUT2D eigenvalue weighted by Crippen LogP contribution is -2.28. The van der Waals surface area contributed by atoms with E-state index < -0.39 is 0 Å². The van der Waals surface area contributed by atoms with E-state index in [1.54, 1.807) is 0 Å². The van der Waals surface area contributed by atoms with Crippen LogP contribution < -0.4 is 10.6 Å². The molecule has 16 heavy (non-hydrogen) atoms. The summed E-state index contributed by atoms with van der Waals surface area (Å²) in [6.07, 6.45) is 1.22. The van der Waals surface area contributed by atoms with Crippen LogP contribution in [0.25, 0.3) is 0 Å². The van der Waals surface area contributed by atoms with Crippen molar-refractivity contribution in [3.05, 3.63) is 23.8 Å². The SMILES string of the molecule is CCC(C)CN(CC)c1cc(N)ccc1C. The third-order valence-electron chi connectivity index (χ3n) is 3.18. The molecule has 0 aliphatic rings. The molecule has 1 aromatic rings. The first-order valence-electron chi connectivity index (χ1n) is 6.19. The molecule has 0 spiro atoms. The van der Waals surface area contributed by atoms with Gasteiger partial charge in [-0.05, 0) is 37.5 Å². The highest BCUT2D eigenvalue weighted by atomic mass is 15.1. The molecule has 0 fully saturated rings. The van der Waals surface area contributed by atoms with Crippen LogP contribution in [0.3, 0.4) is 0 Å². The topological polar surface area (TPSA) is 29.3 Å². The van der Waals surface area contributed by atoms with Crippen molar-refractivity contribution in [2.45, 2.75) is 34.1 Å². The Hall–Kier alpha value is -1.18. The number of benzene rings is 1. The molecule has 1 atom stereocenters. The van der Waals surface area contributed by atoms with Gasteiger partial charge in [-0.3, -0.25) is 0 Å². The molecule has 1 unspecified atom stereocenters. The smallest absolute Gasteiger partial charge is 0.0416 e. The van der Waals surface area contributed by atoms with Crippen LogP contribution in [0, 0.1) is 12.8 Å². The van der Waals surface area contributed by atoms with Gasteiger partial charge in [0.05, 0.1) is 0 Å². The summed E-state index contributed by atoms with van der Waals surface area (Å²) >= 11 is 0. The number of aryl methyl sites for hydroxylation is 1. The molecule has 0 aliphatic carbocycles. The number of hydrogen-bond donors (Lipinski definition) is 1. The van der Waals surface area contributed by atoms with Gasteiger partial charge in [0.2, 0.25) is 0 Å². The summed E-state index contributed by atoms with van der Waals surface area (Å²) in [6, 6.07) is 6.15. The quantitative estimate of drug-likeness (QED) is 0.770. The molecule has 0 radical (unpaired) electrons. The summed E-state index contributed by atoms with van der Waals surface area (Å²) < 4.78 is 0. The van der Waals surface area contributed by atoms with E-state index in [9.17, 15) is 0 Å². The van der Waals surface area contributed by atoms with Gasteiger partial charge in [-0.1, -0.05) is 26.3 Å². The van der Waals surface area contributed by atoms with Crippen molar-refractivity contribution < 1.29 is 0 Å². The molecule has 2 heteroatoms. The minimum absolute atomic E-state index is 0.723. The maximum absolute atomic E-state index is 5.86. The normalized spacial score (nSPS) is 12.5. The first-order valence-corrected chi connectivity index (χ1v) is 6.19. The number of nitrogens with zero attached hydrogens (tertiary/aromatic N) is 1. The molecule has 0 saturated heterocycles. The number of anilines is 2. The average molecular weight is 220 g/mol. The van der Waals surface area contributed by atoms with Crippen LogP contribution in [0.2, 0.25) is 0 Å². The molecule has 1 aromatic carbocycles. The van der Waals surface area contributed by atoms with Gasteiger partial charge in [0, 0.05) is 24.5 Å². The van der Waals surface area contributed by atoms with Gasteiger partial charge >= 0.3 is 0 Å². The fourth-order valence-electron chi connectivity index (χ4n) is 1.87. The second kappa shape index (κ2) is 5.78. The minimum Gasteiger partial charge on any atom is -0.399 e. The molecule has 0 heterocycles. The number of rotatable bonds is 5. The Labute approximate surface area is 99.5 Å². The highest BCUT2D eigenvalue weighted by Crippen LogP contribution is 2.24. The standard InChI is InChI=1S/C14H24N2/c1-5-11(3)10-16(6-2)14-9-13(15)8-7-12(14)4/h7-9,11H,5-6,10,15H2,1-4H3. The summed E-state index contributed by atoms with van der Waals surface area (Å²) in [6.45, 7) is 11.0. The second-order valence-electron chi connectivity index (χ2n) is 4.60. The Kier molecular flexibility index (Phi) is 4.66. The van der Waals surface area contributed by atoms with Crippen molar-refractivity contribution >= 4 is 11.4 Å². The van der Waals surface area contributed by atoms with E-state index in [1.165, 1.54) is 17.7 Å². The molecule has 2 N–H and O–H groups in total. The maximum Gasteiger partial charge on any atom is 0.0416 e. The van der Waals surface area contributed by atoms with Gasteiger partial charge in [0.15, 0.2) is 0 Å². The van der Waals surface area contributed by atoms with Gasteiger partial charge in [-0.15, -0.1) is 0 Å². The third kappa shape index (κ3) is 3.16. The Morgan fingerprint density at radius 3 is 2.56 bits per heavy atom. The van der Waals surface area contributed by atoms with Crippen LogP contribution in [0.15, 0.2) is 18.2 Å². The average Bonchev–Trinajstić information content (AvgIpc) is 2.29. The van der Waals surface area contributed by atoms with Crippen molar-refractivity contribution in [1.29, 1.82) is 0 Å². The molecular formula is C14H24N2. The molecule has 2 nitrogen and oxygen atoms in total. The summed E-state index contributed by atoms with van der Waals surface area (Å²) in [5.74, 6) is 0.723. The fourth-order valence-corrected chi connectivity index (χ4v) is 1.87. The zero-order valence-corrected chi connectivity index (χ0v) is 11.0. The van der Waals surface area contributed by atoms with Crippen molar-refractivity contribution in [3.63, 3.8) is 0 Å². The molecule has 0 bridgehead atoms. The monoisotopic (exact) mass is 220 g/mol. The first kappa shape index (κ1) is 12.9. The number of nitrogen functional groups attached to an aromatic ring is 1. The Morgan fingerprint density at radius 2 is 2.00 bits per heavy atom. The van der Waals surface area contributed by atoms with Crippen LogP contribution in [0.5, 0.6) is 0 Å². The van der Waals surface area contributed by atoms with Crippen LogP contribution >= 0.6 is 0 Å². The Morgan fingerprint density at radius 1 is 1.31 bits per heavy atom. The van der Waals surface area contributed by atoms with Crippen molar-refractivity contribution in [2.75, 3.05) is 23.7 Å². The van der Waals surface area contributed by atoms with Crippen LogP contribution in [0.4, 0.5) is 11.4 Å².